The van der Waals surface area contributed by atoms with Gasteiger partial charge in [-0.25, -0.2) is 0 Å². The zero-order valence-electron chi connectivity index (χ0n) is 12.9. The van der Waals surface area contributed by atoms with Gasteiger partial charge in [-0.15, -0.1) is 24.0 Å². The highest BCUT2D eigenvalue weighted by molar-refractivity contribution is 14.0. The summed E-state index contributed by atoms with van der Waals surface area (Å²) < 4.78 is 5.22. The number of esters is 1. The lowest BCUT2D eigenvalue weighted by Crippen LogP contribution is -2.43. The van der Waals surface area contributed by atoms with E-state index in [0.717, 1.165) is 19.4 Å². The van der Waals surface area contributed by atoms with Crippen LogP contribution in [0.4, 0.5) is 0 Å². The highest BCUT2D eigenvalue weighted by atomic mass is 127. The maximum Gasteiger partial charge on any atom is 0.325 e. The highest BCUT2D eigenvalue weighted by Gasteiger charge is 2.16. The Morgan fingerprint density at radius 2 is 1.95 bits per heavy atom. The average molecular weight is 385 g/mol. The molecule has 19 heavy (non-hydrogen) atoms. The van der Waals surface area contributed by atoms with E-state index in [0.29, 0.717) is 5.96 Å². The lowest BCUT2D eigenvalue weighted by Gasteiger charge is -2.23. The molecule has 0 rings (SSSR count). The van der Waals surface area contributed by atoms with Crippen molar-refractivity contribution in [1.29, 1.82) is 0 Å². The van der Waals surface area contributed by atoms with Gasteiger partial charge in [0.2, 0.25) is 0 Å². The summed E-state index contributed by atoms with van der Waals surface area (Å²) >= 11 is 0. The number of hydrogen-bond donors (Lipinski definition) is 1. The summed E-state index contributed by atoms with van der Waals surface area (Å²) in [5.74, 6) is 0.446. The Kier molecular flexibility index (Phi) is 11.2. The predicted octanol–water partition coefficient (Wildman–Crippen LogP) is 2.25. The number of halogens is 1. The van der Waals surface area contributed by atoms with E-state index in [9.17, 15) is 4.79 Å². The van der Waals surface area contributed by atoms with Crippen LogP contribution in [0.3, 0.4) is 0 Å². The largest absolute Gasteiger partial charge is 0.459 e. The molecule has 0 bridgehead atoms. The molecule has 0 unspecified atom stereocenters. The minimum Gasteiger partial charge on any atom is -0.459 e. The van der Waals surface area contributed by atoms with E-state index in [1.165, 1.54) is 0 Å². The van der Waals surface area contributed by atoms with Gasteiger partial charge in [0.15, 0.2) is 5.96 Å². The van der Waals surface area contributed by atoms with E-state index in [1.807, 2.05) is 32.7 Å². The second-order valence-electron chi connectivity index (χ2n) is 5.26. The molecule has 0 aromatic carbocycles. The molecule has 0 fully saturated rings. The molecule has 0 heterocycles. The van der Waals surface area contributed by atoms with Crippen molar-refractivity contribution in [3.8, 4) is 0 Å². The summed E-state index contributed by atoms with van der Waals surface area (Å²) in [5.41, 5.74) is -0.448. The molecule has 0 aliphatic rings. The van der Waals surface area contributed by atoms with Gasteiger partial charge in [-0.3, -0.25) is 9.79 Å². The fraction of sp³-hybridized carbons (Fsp3) is 0.846. The van der Waals surface area contributed by atoms with Gasteiger partial charge in [0, 0.05) is 20.6 Å². The van der Waals surface area contributed by atoms with E-state index >= 15 is 0 Å². The summed E-state index contributed by atoms with van der Waals surface area (Å²) in [6.07, 6.45) is 2.23. The molecule has 0 radical (unpaired) electrons. The maximum atomic E-state index is 11.6. The molecule has 0 aliphatic heterocycles. The smallest absolute Gasteiger partial charge is 0.325 e. The quantitative estimate of drug-likeness (QED) is 0.341. The van der Waals surface area contributed by atoms with Gasteiger partial charge in [-0.05, 0) is 27.2 Å². The first-order valence-corrected chi connectivity index (χ1v) is 6.43. The fourth-order valence-corrected chi connectivity index (χ4v) is 1.41. The minimum absolute atomic E-state index is 0. The number of hydrogen-bond acceptors (Lipinski definition) is 3. The van der Waals surface area contributed by atoms with Crippen molar-refractivity contribution in [3.05, 3.63) is 0 Å². The van der Waals surface area contributed by atoms with Crippen LogP contribution >= 0.6 is 24.0 Å². The fourth-order valence-electron chi connectivity index (χ4n) is 1.41. The highest BCUT2D eigenvalue weighted by Crippen LogP contribution is 2.06. The number of unbranched alkanes of at least 4 members (excludes halogenated alkanes) is 1. The standard InChI is InChI=1S/C13H27N3O2.HI/c1-7-8-9-16(6)12(14-5)15-10-11(17)18-13(2,3)4;/h7-10H2,1-6H3,(H,14,15);1H. The first-order valence-electron chi connectivity index (χ1n) is 6.43. The first kappa shape index (κ1) is 20.8. The summed E-state index contributed by atoms with van der Waals surface area (Å²) in [5, 5.41) is 3.00. The van der Waals surface area contributed by atoms with Crippen LogP contribution in [-0.2, 0) is 9.53 Å². The minimum atomic E-state index is -0.448. The topological polar surface area (TPSA) is 53.9 Å². The summed E-state index contributed by atoms with van der Waals surface area (Å²) in [4.78, 5) is 17.7. The number of nitrogens with one attached hydrogen (secondary N) is 1. The average Bonchev–Trinajstić information content (AvgIpc) is 2.24. The van der Waals surface area contributed by atoms with E-state index in [1.54, 1.807) is 7.05 Å². The lowest BCUT2D eigenvalue weighted by molar-refractivity contribution is -0.153. The molecule has 0 aromatic heterocycles. The van der Waals surface area contributed by atoms with Crippen LogP contribution in [0.1, 0.15) is 40.5 Å². The summed E-state index contributed by atoms with van der Waals surface area (Å²) in [7, 11) is 3.67. The number of carbonyl (C=O) groups is 1. The Hall–Kier alpha value is -0.530. The van der Waals surface area contributed by atoms with Crippen LogP contribution in [0.25, 0.3) is 0 Å². The normalized spacial score (nSPS) is 11.6. The van der Waals surface area contributed by atoms with Gasteiger partial charge >= 0.3 is 5.97 Å². The summed E-state index contributed by atoms with van der Waals surface area (Å²) in [6, 6.07) is 0. The van der Waals surface area contributed by atoms with Crippen molar-refractivity contribution in [3.63, 3.8) is 0 Å². The Morgan fingerprint density at radius 3 is 2.37 bits per heavy atom. The number of nitrogens with zero attached hydrogens (tertiary/aromatic N) is 2. The Labute approximate surface area is 134 Å². The van der Waals surface area contributed by atoms with Gasteiger partial charge < -0.3 is 15.0 Å². The van der Waals surface area contributed by atoms with Crippen LogP contribution in [0.2, 0.25) is 0 Å². The molecule has 0 saturated heterocycles. The van der Waals surface area contributed by atoms with Gasteiger partial charge in [0.25, 0.3) is 0 Å². The molecule has 0 aromatic rings. The molecular formula is C13H28IN3O2. The Bertz CT molecular complexity index is 288. The van der Waals surface area contributed by atoms with E-state index in [2.05, 4.69) is 17.2 Å². The molecule has 114 valence electrons. The Morgan fingerprint density at radius 1 is 1.37 bits per heavy atom. The number of aliphatic imine (C=N–C) groups is 1. The zero-order valence-corrected chi connectivity index (χ0v) is 15.3. The third-order valence-electron chi connectivity index (χ3n) is 2.23. The molecule has 0 aliphatic carbocycles. The maximum absolute atomic E-state index is 11.6. The number of rotatable bonds is 5. The molecule has 6 heteroatoms. The van der Waals surface area contributed by atoms with Crippen molar-refractivity contribution in [2.45, 2.75) is 46.1 Å². The van der Waals surface area contributed by atoms with Crippen molar-refractivity contribution in [2.75, 3.05) is 27.2 Å². The lowest BCUT2D eigenvalue weighted by atomic mass is 10.2. The van der Waals surface area contributed by atoms with Crippen molar-refractivity contribution in [1.82, 2.24) is 10.2 Å². The number of guanidine groups is 1. The third kappa shape index (κ3) is 11.0. The van der Waals surface area contributed by atoms with Crippen LogP contribution in [0.5, 0.6) is 0 Å². The van der Waals surface area contributed by atoms with Crippen molar-refractivity contribution in [2.24, 2.45) is 4.99 Å². The van der Waals surface area contributed by atoms with Gasteiger partial charge in [-0.1, -0.05) is 13.3 Å². The molecule has 0 amide bonds. The monoisotopic (exact) mass is 385 g/mol. The molecule has 0 saturated carbocycles. The van der Waals surface area contributed by atoms with Crippen LogP contribution in [0, 0.1) is 0 Å². The van der Waals surface area contributed by atoms with Crippen molar-refractivity contribution < 1.29 is 9.53 Å². The van der Waals surface area contributed by atoms with Gasteiger partial charge in [0.1, 0.15) is 12.1 Å². The van der Waals surface area contributed by atoms with Crippen LogP contribution < -0.4 is 5.32 Å². The first-order chi connectivity index (χ1) is 8.30. The van der Waals surface area contributed by atoms with Gasteiger partial charge in [-0.2, -0.15) is 0 Å². The van der Waals surface area contributed by atoms with Crippen LogP contribution in [0.15, 0.2) is 4.99 Å². The predicted molar refractivity (Wildman–Crippen MR) is 90.2 cm³/mol. The second-order valence-corrected chi connectivity index (χ2v) is 5.26. The van der Waals surface area contributed by atoms with E-state index in [4.69, 9.17) is 4.74 Å². The zero-order chi connectivity index (χ0) is 14.2. The molecular weight excluding hydrogens is 357 g/mol. The van der Waals surface area contributed by atoms with E-state index in [-0.39, 0.29) is 36.5 Å². The second kappa shape index (κ2) is 10.3. The van der Waals surface area contributed by atoms with Gasteiger partial charge in [0.05, 0.1) is 0 Å². The summed E-state index contributed by atoms with van der Waals surface area (Å²) in [6.45, 7) is 8.77. The third-order valence-corrected chi connectivity index (χ3v) is 2.23. The van der Waals surface area contributed by atoms with Crippen LogP contribution in [-0.4, -0.2) is 49.6 Å². The van der Waals surface area contributed by atoms with Crippen molar-refractivity contribution >= 4 is 35.9 Å². The molecule has 0 spiro atoms. The molecule has 5 nitrogen and oxygen atoms in total. The van der Waals surface area contributed by atoms with E-state index < -0.39 is 5.60 Å². The number of carbonyl (C=O) groups excluding carboxylic acids is 1. The number of ether oxygens (including phenoxy) is 1. The molecule has 0 atom stereocenters. The Balaban J connectivity index is 0. The molecule has 1 N–H and O–H groups in total. The SMILES string of the molecule is CCCCN(C)C(=NC)NCC(=O)OC(C)(C)C.I.